The first-order valence-corrected chi connectivity index (χ1v) is 5.89. The molecule has 0 aliphatic heterocycles. The van der Waals surface area contributed by atoms with Crippen LogP contribution in [-0.2, 0) is 11.3 Å². The average molecular weight is 210 g/mol. The highest BCUT2D eigenvalue weighted by atomic mass is 32.1. The fourth-order valence-electron chi connectivity index (χ4n) is 1.26. The van der Waals surface area contributed by atoms with Gasteiger partial charge >= 0.3 is 0 Å². The third-order valence-electron chi connectivity index (χ3n) is 1.98. The van der Waals surface area contributed by atoms with Crippen LogP contribution in [0.1, 0.15) is 35.6 Å². The molecule has 0 atom stereocenters. The van der Waals surface area contributed by atoms with Gasteiger partial charge < -0.3 is 4.74 Å². The normalized spacial score (nSPS) is 11.4. The van der Waals surface area contributed by atoms with Crippen molar-refractivity contribution >= 4 is 17.4 Å². The van der Waals surface area contributed by atoms with E-state index in [1.165, 1.54) is 15.3 Å². The molecule has 2 heteroatoms. The zero-order valence-electron chi connectivity index (χ0n) is 9.17. The predicted octanol–water partition coefficient (Wildman–Crippen LogP) is 4.02. The van der Waals surface area contributed by atoms with E-state index < -0.39 is 0 Å². The van der Waals surface area contributed by atoms with Crippen molar-refractivity contribution in [2.24, 2.45) is 0 Å². The Morgan fingerprint density at radius 2 is 2.29 bits per heavy atom. The quantitative estimate of drug-likeness (QED) is 0.667. The molecule has 0 fully saturated rings. The van der Waals surface area contributed by atoms with Gasteiger partial charge in [0.15, 0.2) is 0 Å². The second-order valence-corrected chi connectivity index (χ2v) is 4.57. The Labute approximate surface area is 90.4 Å². The van der Waals surface area contributed by atoms with E-state index in [4.69, 9.17) is 4.74 Å². The summed E-state index contributed by atoms with van der Waals surface area (Å²) in [5.41, 5.74) is 1.33. The summed E-state index contributed by atoms with van der Waals surface area (Å²) < 4.78 is 5.52. The van der Waals surface area contributed by atoms with Crippen LogP contribution in [0.3, 0.4) is 0 Å². The van der Waals surface area contributed by atoms with Crippen LogP contribution in [0.5, 0.6) is 0 Å². The fourth-order valence-corrected chi connectivity index (χ4v) is 2.27. The van der Waals surface area contributed by atoms with Gasteiger partial charge in [0, 0.05) is 16.4 Å². The van der Waals surface area contributed by atoms with Crippen molar-refractivity contribution in [3.8, 4) is 0 Å². The summed E-state index contributed by atoms with van der Waals surface area (Å²) in [4.78, 5) is 2.69. The van der Waals surface area contributed by atoms with Crippen molar-refractivity contribution in [2.75, 3.05) is 6.61 Å². The largest absolute Gasteiger partial charge is 0.377 e. The molecule has 78 valence electrons. The minimum Gasteiger partial charge on any atom is -0.377 e. The van der Waals surface area contributed by atoms with Crippen LogP contribution in [0, 0.1) is 6.92 Å². The van der Waals surface area contributed by atoms with E-state index in [0.717, 1.165) is 19.6 Å². The first-order valence-electron chi connectivity index (χ1n) is 5.07. The van der Waals surface area contributed by atoms with E-state index in [1.54, 1.807) is 0 Å². The number of thiophene rings is 1. The third kappa shape index (κ3) is 3.28. The van der Waals surface area contributed by atoms with Crippen molar-refractivity contribution in [1.82, 2.24) is 0 Å². The van der Waals surface area contributed by atoms with Gasteiger partial charge in [-0.2, -0.15) is 0 Å². The standard InChI is InChI=1S/C12H18OS/c1-4-6-12-8-11(10(3)14-12)9-13-7-5-2/h4,6,8H,5,7,9H2,1-3H3/b6-4+. The van der Waals surface area contributed by atoms with E-state index >= 15 is 0 Å². The Bertz CT molecular complexity index is 299. The summed E-state index contributed by atoms with van der Waals surface area (Å²) in [6, 6.07) is 2.22. The van der Waals surface area contributed by atoms with Crippen LogP contribution in [0.15, 0.2) is 12.1 Å². The van der Waals surface area contributed by atoms with E-state index in [9.17, 15) is 0 Å². The molecular formula is C12H18OS. The minimum atomic E-state index is 0.758. The van der Waals surface area contributed by atoms with E-state index in [1.807, 2.05) is 18.3 Å². The molecule has 14 heavy (non-hydrogen) atoms. The van der Waals surface area contributed by atoms with E-state index in [2.05, 4.69) is 32.1 Å². The van der Waals surface area contributed by atoms with Crippen LogP contribution in [-0.4, -0.2) is 6.61 Å². The molecule has 0 radical (unpaired) electrons. The molecule has 0 N–H and O–H groups in total. The van der Waals surface area contributed by atoms with Gasteiger partial charge in [0.1, 0.15) is 0 Å². The molecule has 0 aliphatic carbocycles. The first-order chi connectivity index (χ1) is 6.77. The van der Waals surface area contributed by atoms with Crippen LogP contribution in [0.25, 0.3) is 6.08 Å². The van der Waals surface area contributed by atoms with Gasteiger partial charge in [-0.05, 0) is 38.0 Å². The highest BCUT2D eigenvalue weighted by Gasteiger charge is 2.02. The van der Waals surface area contributed by atoms with Gasteiger partial charge in [-0.25, -0.2) is 0 Å². The van der Waals surface area contributed by atoms with Crippen molar-refractivity contribution in [1.29, 1.82) is 0 Å². The van der Waals surface area contributed by atoms with Gasteiger partial charge in [-0.15, -0.1) is 11.3 Å². The molecule has 1 aromatic rings. The van der Waals surface area contributed by atoms with Crippen LogP contribution < -0.4 is 0 Å². The predicted molar refractivity (Wildman–Crippen MR) is 63.7 cm³/mol. The Morgan fingerprint density at radius 3 is 2.93 bits per heavy atom. The maximum Gasteiger partial charge on any atom is 0.0727 e. The fraction of sp³-hybridized carbons (Fsp3) is 0.500. The first kappa shape index (κ1) is 11.5. The number of ether oxygens (including phenoxy) is 1. The molecule has 1 rings (SSSR count). The maximum absolute atomic E-state index is 5.52. The van der Waals surface area contributed by atoms with E-state index in [-0.39, 0.29) is 0 Å². The second-order valence-electron chi connectivity index (χ2n) is 3.28. The second kappa shape index (κ2) is 5.99. The van der Waals surface area contributed by atoms with Gasteiger partial charge in [0.25, 0.3) is 0 Å². The van der Waals surface area contributed by atoms with Crippen molar-refractivity contribution < 1.29 is 4.74 Å². The lowest BCUT2D eigenvalue weighted by Gasteiger charge is -2.00. The summed E-state index contributed by atoms with van der Waals surface area (Å²) in [6.45, 7) is 7.94. The molecule has 0 amide bonds. The zero-order valence-corrected chi connectivity index (χ0v) is 9.99. The van der Waals surface area contributed by atoms with Crippen molar-refractivity contribution in [2.45, 2.75) is 33.8 Å². The Morgan fingerprint density at radius 1 is 1.50 bits per heavy atom. The van der Waals surface area contributed by atoms with Crippen LogP contribution >= 0.6 is 11.3 Å². The van der Waals surface area contributed by atoms with Crippen LogP contribution in [0.2, 0.25) is 0 Å². The molecule has 0 aromatic carbocycles. The highest BCUT2D eigenvalue weighted by Crippen LogP contribution is 2.23. The molecule has 0 bridgehead atoms. The highest BCUT2D eigenvalue weighted by molar-refractivity contribution is 7.13. The monoisotopic (exact) mass is 210 g/mol. The summed E-state index contributed by atoms with van der Waals surface area (Å²) in [5.74, 6) is 0. The average Bonchev–Trinajstić information content (AvgIpc) is 2.48. The van der Waals surface area contributed by atoms with Gasteiger partial charge in [0.2, 0.25) is 0 Å². The topological polar surface area (TPSA) is 9.23 Å². The number of rotatable bonds is 5. The lowest BCUT2D eigenvalue weighted by molar-refractivity contribution is 0.121. The van der Waals surface area contributed by atoms with Gasteiger partial charge in [-0.3, -0.25) is 0 Å². The molecule has 0 saturated carbocycles. The molecule has 0 aliphatic rings. The summed E-state index contributed by atoms with van der Waals surface area (Å²) >= 11 is 1.83. The number of aryl methyl sites for hydroxylation is 1. The number of allylic oxidation sites excluding steroid dienone is 1. The number of hydrogen-bond acceptors (Lipinski definition) is 2. The van der Waals surface area contributed by atoms with Gasteiger partial charge in [-0.1, -0.05) is 13.0 Å². The molecule has 1 nitrogen and oxygen atoms in total. The molecule has 1 aromatic heterocycles. The molecular weight excluding hydrogens is 192 g/mol. The number of hydrogen-bond donors (Lipinski definition) is 0. The maximum atomic E-state index is 5.52. The molecule has 0 saturated heterocycles. The van der Waals surface area contributed by atoms with E-state index in [0.29, 0.717) is 0 Å². The lowest BCUT2D eigenvalue weighted by Crippen LogP contribution is -1.93. The Balaban J connectivity index is 2.58. The lowest BCUT2D eigenvalue weighted by atomic mass is 10.2. The smallest absolute Gasteiger partial charge is 0.0727 e. The van der Waals surface area contributed by atoms with Crippen LogP contribution in [0.4, 0.5) is 0 Å². The Hall–Kier alpha value is -0.600. The minimum absolute atomic E-state index is 0.758. The van der Waals surface area contributed by atoms with Crippen molar-refractivity contribution in [3.05, 3.63) is 27.5 Å². The van der Waals surface area contributed by atoms with Crippen molar-refractivity contribution in [3.63, 3.8) is 0 Å². The molecule has 0 spiro atoms. The van der Waals surface area contributed by atoms with Gasteiger partial charge in [0.05, 0.1) is 6.61 Å². The zero-order chi connectivity index (χ0) is 10.4. The third-order valence-corrected chi connectivity index (χ3v) is 3.03. The summed E-state index contributed by atoms with van der Waals surface area (Å²) in [5, 5.41) is 0. The summed E-state index contributed by atoms with van der Waals surface area (Å²) in [6.07, 6.45) is 5.30. The Kier molecular flexibility index (Phi) is 4.91. The molecule has 1 heterocycles. The SMILES string of the molecule is C/C=C/c1cc(COCCC)c(C)s1. The molecule has 0 unspecified atom stereocenters. The summed E-state index contributed by atoms with van der Waals surface area (Å²) in [7, 11) is 0.